The van der Waals surface area contributed by atoms with Crippen LogP contribution in [-0.4, -0.2) is 40.7 Å². The van der Waals surface area contributed by atoms with Gasteiger partial charge in [0.15, 0.2) is 0 Å². The summed E-state index contributed by atoms with van der Waals surface area (Å²) in [5.41, 5.74) is -0.0876. The van der Waals surface area contributed by atoms with Gasteiger partial charge in [-0.3, -0.25) is 4.79 Å². The second-order valence-electron chi connectivity index (χ2n) is 6.27. The summed E-state index contributed by atoms with van der Waals surface area (Å²) >= 11 is 5.82. The summed E-state index contributed by atoms with van der Waals surface area (Å²) in [6.45, 7) is -0.0711. The molecule has 0 saturated carbocycles. The third kappa shape index (κ3) is 5.51. The largest absolute Gasteiger partial charge is 0.573 e. The fraction of sp³-hybridized carbons (Fsp3) is 0.312. The van der Waals surface area contributed by atoms with Crippen LogP contribution in [0.3, 0.4) is 0 Å². The molecule has 1 fully saturated rings. The lowest BCUT2D eigenvalue weighted by Gasteiger charge is -2.21. The summed E-state index contributed by atoms with van der Waals surface area (Å²) in [5, 5.41) is 9.78. The molecule has 168 valence electrons. The molecule has 31 heavy (non-hydrogen) atoms. The molecule has 3 N–H and O–H groups in total. The Morgan fingerprint density at radius 1 is 1.26 bits per heavy atom. The van der Waals surface area contributed by atoms with Gasteiger partial charge in [0.2, 0.25) is 5.91 Å². The summed E-state index contributed by atoms with van der Waals surface area (Å²) < 4.78 is 79.5. The smallest absolute Gasteiger partial charge is 0.404 e. The maximum Gasteiger partial charge on any atom is 0.573 e. The zero-order valence-corrected chi connectivity index (χ0v) is 15.8. The van der Waals surface area contributed by atoms with Crippen LogP contribution in [0.5, 0.6) is 5.75 Å². The van der Waals surface area contributed by atoms with E-state index in [1.54, 1.807) is 0 Å². The molecule has 8 nitrogen and oxygen atoms in total. The number of alkyl halides is 6. The van der Waals surface area contributed by atoms with Crippen molar-refractivity contribution in [3.05, 3.63) is 46.7 Å². The van der Waals surface area contributed by atoms with E-state index >= 15 is 0 Å². The third-order valence-corrected chi connectivity index (χ3v) is 4.38. The van der Waals surface area contributed by atoms with Crippen LogP contribution in [0.1, 0.15) is 17.2 Å². The van der Waals surface area contributed by atoms with Crippen LogP contribution in [0.4, 0.5) is 31.1 Å². The van der Waals surface area contributed by atoms with E-state index in [0.717, 1.165) is 24.4 Å². The molecule has 0 spiro atoms. The Bertz CT molecular complexity index is 993. The molecule has 0 bridgehead atoms. The lowest BCUT2D eigenvalue weighted by Crippen LogP contribution is -2.44. The Labute approximate surface area is 174 Å². The number of nitrogens with zero attached hydrogens (tertiary/aromatic N) is 2. The topological polar surface area (TPSA) is 97.3 Å². The normalized spacial score (nSPS) is 17.6. The summed E-state index contributed by atoms with van der Waals surface area (Å²) in [4.78, 5) is 23.7. The first-order valence-electron chi connectivity index (χ1n) is 8.35. The quantitative estimate of drug-likeness (QED) is 0.584. The molecular weight excluding hydrogens is 460 g/mol. The molecule has 0 radical (unpaired) electrons. The van der Waals surface area contributed by atoms with Gasteiger partial charge < -0.3 is 20.7 Å². The second kappa shape index (κ2) is 8.17. The number of amides is 3. The Morgan fingerprint density at radius 3 is 2.48 bits per heavy atom. The highest BCUT2D eigenvalue weighted by Crippen LogP contribution is 2.34. The average molecular weight is 472 g/mol. The van der Waals surface area contributed by atoms with Crippen molar-refractivity contribution in [2.45, 2.75) is 24.7 Å². The highest BCUT2D eigenvalue weighted by Gasteiger charge is 2.35. The minimum Gasteiger partial charge on any atom is -0.404 e. The zero-order valence-electron chi connectivity index (χ0n) is 15.0. The van der Waals surface area contributed by atoms with E-state index < -0.39 is 47.5 Å². The highest BCUT2D eigenvalue weighted by atomic mass is 35.5. The Morgan fingerprint density at radius 2 is 1.97 bits per heavy atom. The molecule has 1 aliphatic heterocycles. The number of carbonyl (C=O) groups excluding carboxylic acids is 2. The molecule has 1 aromatic carbocycles. The molecule has 15 heteroatoms. The predicted molar refractivity (Wildman–Crippen MR) is 92.0 cm³/mol. The molecule has 1 aromatic heterocycles. The molecule has 2 aromatic rings. The number of urea groups is 1. The van der Waals surface area contributed by atoms with Crippen LogP contribution in [0.2, 0.25) is 5.02 Å². The Kier molecular flexibility index (Phi) is 5.93. The van der Waals surface area contributed by atoms with Crippen LogP contribution in [0, 0.1) is 0 Å². The number of hydrogen-bond acceptors (Lipinski definition) is 4. The molecular formula is C16H12ClF6N5O3. The summed E-state index contributed by atoms with van der Waals surface area (Å²) in [6.07, 6.45) is -8.42. The minimum atomic E-state index is -5.01. The van der Waals surface area contributed by atoms with E-state index in [4.69, 9.17) is 11.6 Å². The number of carbonyl (C=O) groups is 2. The van der Waals surface area contributed by atoms with Crippen molar-refractivity contribution >= 4 is 23.5 Å². The standard InChI is InChI=1S/C16H12ClF6N5O3/c17-9-3-7(1-2-11(9)31-16(21,22)23)12(8-4-25-28(6-8)15(18,19)20)27-13(29)10-5-24-14(30)26-10/h1-4,6,10,12H,5H2,(H,27,29)(H2,24,26,30)/t10-,12?/m0/s1. The van der Waals surface area contributed by atoms with Gasteiger partial charge in [-0.05, 0) is 17.7 Å². The Balaban J connectivity index is 1.93. The second-order valence-corrected chi connectivity index (χ2v) is 6.68. The third-order valence-electron chi connectivity index (χ3n) is 4.09. The SMILES string of the molecule is O=C1NC[C@@H](C(=O)NC(c2ccc(OC(F)(F)F)c(Cl)c2)c2cnn(C(F)(F)F)c2)N1. The van der Waals surface area contributed by atoms with E-state index in [0.29, 0.717) is 6.20 Å². The summed E-state index contributed by atoms with van der Waals surface area (Å²) in [5.74, 6) is -1.49. The van der Waals surface area contributed by atoms with Gasteiger partial charge in [0.05, 0.1) is 17.3 Å². The molecule has 1 unspecified atom stereocenters. The van der Waals surface area contributed by atoms with Gasteiger partial charge >= 0.3 is 18.7 Å². The average Bonchev–Trinajstić information content (AvgIpc) is 3.29. The number of halogens is 7. The van der Waals surface area contributed by atoms with E-state index in [-0.39, 0.29) is 22.4 Å². The molecule has 1 saturated heterocycles. The number of ether oxygens (including phenoxy) is 1. The first-order chi connectivity index (χ1) is 14.3. The fourth-order valence-corrected chi connectivity index (χ4v) is 2.97. The van der Waals surface area contributed by atoms with Crippen LogP contribution in [-0.2, 0) is 11.1 Å². The van der Waals surface area contributed by atoms with Gasteiger partial charge in [-0.25, -0.2) is 4.79 Å². The van der Waals surface area contributed by atoms with E-state index in [1.807, 2.05) is 0 Å². The van der Waals surface area contributed by atoms with E-state index in [9.17, 15) is 35.9 Å². The van der Waals surface area contributed by atoms with Gasteiger partial charge in [-0.1, -0.05) is 17.7 Å². The van der Waals surface area contributed by atoms with Crippen molar-refractivity contribution in [2.24, 2.45) is 0 Å². The monoisotopic (exact) mass is 471 g/mol. The van der Waals surface area contributed by atoms with E-state index in [2.05, 4.69) is 25.8 Å². The van der Waals surface area contributed by atoms with Gasteiger partial charge in [-0.2, -0.15) is 9.78 Å². The number of benzene rings is 1. The highest BCUT2D eigenvalue weighted by molar-refractivity contribution is 6.32. The van der Waals surface area contributed by atoms with Crippen LogP contribution < -0.4 is 20.7 Å². The van der Waals surface area contributed by atoms with Crippen molar-refractivity contribution in [1.29, 1.82) is 0 Å². The molecule has 2 heterocycles. The van der Waals surface area contributed by atoms with Gasteiger partial charge in [-0.15, -0.1) is 26.3 Å². The number of aromatic nitrogens is 2. The van der Waals surface area contributed by atoms with Crippen molar-refractivity contribution in [2.75, 3.05) is 6.54 Å². The first-order valence-corrected chi connectivity index (χ1v) is 8.73. The van der Waals surface area contributed by atoms with Gasteiger partial charge in [0.1, 0.15) is 11.8 Å². The predicted octanol–water partition coefficient (Wildman–Crippen LogP) is 2.80. The van der Waals surface area contributed by atoms with Crippen molar-refractivity contribution in [1.82, 2.24) is 25.7 Å². The fourth-order valence-electron chi connectivity index (χ4n) is 2.74. The minimum absolute atomic E-state index is 0.0480. The Hall–Kier alpha value is -3.16. The maximum atomic E-state index is 12.9. The lowest BCUT2D eigenvalue weighted by molar-refractivity contribution is -0.274. The summed E-state index contributed by atoms with van der Waals surface area (Å²) in [6, 6.07) is 0.0446. The van der Waals surface area contributed by atoms with Crippen LogP contribution in [0.25, 0.3) is 0 Å². The van der Waals surface area contributed by atoms with Crippen LogP contribution in [0.15, 0.2) is 30.6 Å². The molecule has 3 rings (SSSR count). The molecule has 2 atom stereocenters. The molecule has 3 amide bonds. The van der Waals surface area contributed by atoms with E-state index in [1.165, 1.54) is 0 Å². The van der Waals surface area contributed by atoms with Gasteiger partial charge in [0.25, 0.3) is 0 Å². The lowest BCUT2D eigenvalue weighted by atomic mass is 10.0. The van der Waals surface area contributed by atoms with Crippen molar-refractivity contribution < 1.29 is 40.7 Å². The number of nitrogens with one attached hydrogen (secondary N) is 3. The zero-order chi connectivity index (χ0) is 23.0. The van der Waals surface area contributed by atoms with Crippen molar-refractivity contribution in [3.8, 4) is 5.75 Å². The number of rotatable bonds is 5. The molecule has 0 aliphatic carbocycles. The van der Waals surface area contributed by atoms with Crippen molar-refractivity contribution in [3.63, 3.8) is 0 Å². The van der Waals surface area contributed by atoms with Crippen LogP contribution >= 0.6 is 11.6 Å². The molecule has 1 aliphatic rings. The first kappa shape index (κ1) is 22.5. The summed E-state index contributed by atoms with van der Waals surface area (Å²) in [7, 11) is 0. The number of hydrogen-bond donors (Lipinski definition) is 3. The van der Waals surface area contributed by atoms with Gasteiger partial charge in [0, 0.05) is 18.3 Å². The maximum absolute atomic E-state index is 12.9.